The van der Waals surface area contributed by atoms with Gasteiger partial charge >= 0.3 is 0 Å². The Hall–Kier alpha value is -2.43. The maximum Gasteiger partial charge on any atom is 0.261 e. The molecule has 0 bridgehead atoms. The van der Waals surface area contributed by atoms with Crippen molar-refractivity contribution in [2.45, 2.75) is 13.8 Å². The highest BCUT2D eigenvalue weighted by molar-refractivity contribution is 5.51. The predicted molar refractivity (Wildman–Crippen MR) is 72.4 cm³/mol. The molecule has 2 heterocycles. The maximum atomic E-state index is 14.2. The first-order chi connectivity index (χ1) is 9.49. The number of hydrogen-bond donors (Lipinski definition) is 0. The molecule has 102 valence electrons. The minimum absolute atomic E-state index is 0.127. The molecule has 0 aliphatic carbocycles. The van der Waals surface area contributed by atoms with Gasteiger partial charge in [-0.25, -0.2) is 4.39 Å². The van der Waals surface area contributed by atoms with E-state index in [1.54, 1.807) is 25.1 Å². The molecule has 0 spiro atoms. The summed E-state index contributed by atoms with van der Waals surface area (Å²) in [6, 6.07) is 6.99. The summed E-state index contributed by atoms with van der Waals surface area (Å²) in [4.78, 5) is 12.0. The third-order valence-corrected chi connectivity index (χ3v) is 3.45. The van der Waals surface area contributed by atoms with E-state index < -0.39 is 17.3 Å². The highest BCUT2D eigenvalue weighted by Crippen LogP contribution is 2.20. The second kappa shape index (κ2) is 4.30. The van der Waals surface area contributed by atoms with E-state index in [0.29, 0.717) is 0 Å². The van der Waals surface area contributed by atoms with Gasteiger partial charge < -0.3 is 0 Å². The van der Waals surface area contributed by atoms with Gasteiger partial charge in [-0.2, -0.15) is 4.39 Å². The van der Waals surface area contributed by atoms with Crippen LogP contribution in [0.4, 0.5) is 8.78 Å². The smallest absolute Gasteiger partial charge is 0.261 e. The van der Waals surface area contributed by atoms with Crippen LogP contribution in [-0.2, 0) is 0 Å². The van der Waals surface area contributed by atoms with Gasteiger partial charge in [0.1, 0.15) is 11.5 Å². The minimum atomic E-state index is -0.671. The minimum Gasteiger partial charge on any atom is -0.279 e. The third kappa shape index (κ3) is 1.74. The maximum absolute atomic E-state index is 14.2. The van der Waals surface area contributed by atoms with Crippen LogP contribution in [0, 0.1) is 25.6 Å². The number of aromatic nitrogens is 2. The van der Waals surface area contributed by atoms with Crippen molar-refractivity contribution < 1.29 is 8.78 Å². The Labute approximate surface area is 113 Å². The molecule has 2 aromatic heterocycles. The van der Waals surface area contributed by atoms with Crippen LogP contribution in [-0.4, -0.2) is 8.97 Å². The van der Waals surface area contributed by atoms with Crippen molar-refractivity contribution in [3.05, 3.63) is 69.8 Å². The molecule has 0 aliphatic rings. The van der Waals surface area contributed by atoms with Crippen LogP contribution in [0.25, 0.3) is 11.3 Å². The standard InChI is InChI=1S/C15H12F2N2O/c1-9-6-11(16)12(7-10(9)2)19-14-4-3-5-18(14)13(17)8-15(19)20/h3-8H,1-2H3. The first-order valence-electron chi connectivity index (χ1n) is 6.15. The Bertz CT molecular complexity index is 877. The summed E-state index contributed by atoms with van der Waals surface area (Å²) in [6.07, 6.45) is 1.49. The van der Waals surface area contributed by atoms with E-state index in [9.17, 15) is 13.6 Å². The fourth-order valence-electron chi connectivity index (χ4n) is 2.26. The van der Waals surface area contributed by atoms with E-state index in [1.165, 1.54) is 21.2 Å². The molecule has 0 fully saturated rings. The molecule has 1 aromatic carbocycles. The fraction of sp³-hybridized carbons (Fsp3) is 0.133. The van der Waals surface area contributed by atoms with Crippen LogP contribution in [0.3, 0.4) is 0 Å². The van der Waals surface area contributed by atoms with Crippen LogP contribution in [0.15, 0.2) is 41.3 Å². The summed E-state index contributed by atoms with van der Waals surface area (Å²) >= 11 is 0. The Morgan fingerprint density at radius 3 is 2.50 bits per heavy atom. The lowest BCUT2D eigenvalue weighted by Crippen LogP contribution is -2.22. The van der Waals surface area contributed by atoms with E-state index in [1.807, 2.05) is 6.92 Å². The number of halogens is 2. The second-order valence-corrected chi connectivity index (χ2v) is 4.76. The molecule has 0 amide bonds. The topological polar surface area (TPSA) is 26.4 Å². The monoisotopic (exact) mass is 274 g/mol. The summed E-state index contributed by atoms with van der Waals surface area (Å²) in [5, 5.41) is 0. The van der Waals surface area contributed by atoms with Gasteiger partial charge in [-0.15, -0.1) is 0 Å². The Morgan fingerprint density at radius 2 is 1.75 bits per heavy atom. The van der Waals surface area contributed by atoms with Gasteiger partial charge in [0.15, 0.2) is 0 Å². The molecule has 3 aromatic rings. The third-order valence-electron chi connectivity index (χ3n) is 3.45. The highest BCUT2D eigenvalue weighted by atomic mass is 19.1. The van der Waals surface area contributed by atoms with Crippen molar-refractivity contribution in [3.63, 3.8) is 0 Å². The van der Waals surface area contributed by atoms with Crippen molar-refractivity contribution in [1.29, 1.82) is 0 Å². The molecular formula is C15H12F2N2O. The zero-order valence-corrected chi connectivity index (χ0v) is 11.0. The number of aryl methyl sites for hydroxylation is 2. The average molecular weight is 274 g/mol. The number of benzene rings is 1. The van der Waals surface area contributed by atoms with Crippen LogP contribution < -0.4 is 5.56 Å². The summed E-state index contributed by atoms with van der Waals surface area (Å²) in [6.45, 7) is 3.63. The molecule has 3 rings (SSSR count). The SMILES string of the molecule is Cc1cc(F)c(-n2c(=O)cc(F)n3cccc23)cc1C. The Kier molecular flexibility index (Phi) is 2.71. The molecule has 0 saturated carbocycles. The van der Waals surface area contributed by atoms with E-state index in [-0.39, 0.29) is 11.3 Å². The second-order valence-electron chi connectivity index (χ2n) is 4.76. The summed E-state index contributed by atoms with van der Waals surface area (Å²) < 4.78 is 30.2. The van der Waals surface area contributed by atoms with Crippen LogP contribution in [0.5, 0.6) is 0 Å². The number of hydrogen-bond acceptors (Lipinski definition) is 1. The van der Waals surface area contributed by atoms with Crippen LogP contribution in [0.2, 0.25) is 0 Å². The average Bonchev–Trinajstić information content (AvgIpc) is 2.84. The number of nitrogens with zero attached hydrogens (tertiary/aromatic N) is 2. The number of rotatable bonds is 1. The molecule has 0 unspecified atom stereocenters. The van der Waals surface area contributed by atoms with E-state index in [4.69, 9.17) is 0 Å². The van der Waals surface area contributed by atoms with Crippen molar-refractivity contribution in [1.82, 2.24) is 8.97 Å². The normalized spacial score (nSPS) is 11.2. The molecule has 0 radical (unpaired) electrons. The van der Waals surface area contributed by atoms with Gasteiger partial charge in [-0.1, -0.05) is 0 Å². The molecule has 0 aliphatic heterocycles. The largest absolute Gasteiger partial charge is 0.279 e. The molecule has 0 atom stereocenters. The lowest BCUT2D eigenvalue weighted by Gasteiger charge is -2.12. The van der Waals surface area contributed by atoms with E-state index >= 15 is 0 Å². The zero-order chi connectivity index (χ0) is 14.4. The van der Waals surface area contributed by atoms with Crippen LogP contribution in [0.1, 0.15) is 11.1 Å². The van der Waals surface area contributed by atoms with E-state index in [0.717, 1.165) is 17.2 Å². The molecule has 0 saturated heterocycles. The van der Waals surface area contributed by atoms with Gasteiger partial charge in [0.2, 0.25) is 5.95 Å². The van der Waals surface area contributed by atoms with Crippen molar-refractivity contribution in [2.75, 3.05) is 0 Å². The van der Waals surface area contributed by atoms with Crippen molar-refractivity contribution >= 4 is 5.65 Å². The molecular weight excluding hydrogens is 262 g/mol. The molecule has 5 heteroatoms. The van der Waals surface area contributed by atoms with Gasteiger partial charge in [-0.05, 0) is 49.2 Å². The lowest BCUT2D eigenvalue weighted by molar-refractivity contribution is 0.556. The van der Waals surface area contributed by atoms with E-state index in [2.05, 4.69) is 0 Å². The first kappa shape index (κ1) is 12.6. The summed E-state index contributed by atoms with van der Waals surface area (Å²) in [5.74, 6) is -1.18. The molecule has 3 nitrogen and oxygen atoms in total. The summed E-state index contributed by atoms with van der Waals surface area (Å²) in [7, 11) is 0. The van der Waals surface area contributed by atoms with Gasteiger partial charge in [-0.3, -0.25) is 13.8 Å². The van der Waals surface area contributed by atoms with Crippen molar-refractivity contribution in [2.24, 2.45) is 0 Å². The van der Waals surface area contributed by atoms with Gasteiger partial charge in [0.25, 0.3) is 5.56 Å². The lowest BCUT2D eigenvalue weighted by atomic mass is 10.1. The first-order valence-corrected chi connectivity index (χ1v) is 6.15. The van der Waals surface area contributed by atoms with Gasteiger partial charge in [0.05, 0.1) is 11.8 Å². The quantitative estimate of drug-likeness (QED) is 0.627. The van der Waals surface area contributed by atoms with Crippen molar-refractivity contribution in [3.8, 4) is 5.69 Å². The fourth-order valence-corrected chi connectivity index (χ4v) is 2.26. The van der Waals surface area contributed by atoms with Crippen LogP contribution >= 0.6 is 0 Å². The Balaban J connectivity index is 2.44. The molecule has 0 N–H and O–H groups in total. The van der Waals surface area contributed by atoms with Gasteiger partial charge in [0, 0.05) is 6.20 Å². The summed E-state index contributed by atoms with van der Waals surface area (Å²) in [5.41, 5.74) is 1.48. The number of fused-ring (bicyclic) bond motifs is 1. The highest BCUT2D eigenvalue weighted by Gasteiger charge is 2.14. The Morgan fingerprint density at radius 1 is 1.05 bits per heavy atom. The zero-order valence-electron chi connectivity index (χ0n) is 11.0. The predicted octanol–water partition coefficient (Wildman–Crippen LogP) is 2.99. The molecule has 20 heavy (non-hydrogen) atoms.